The zero-order valence-electron chi connectivity index (χ0n) is 12.2. The fraction of sp³-hybridized carbons (Fsp3) is 0.111. The average Bonchev–Trinajstić information content (AvgIpc) is 3.22. The van der Waals surface area contributed by atoms with E-state index in [9.17, 15) is 4.79 Å². The molecule has 0 saturated carbocycles. The van der Waals surface area contributed by atoms with Gasteiger partial charge in [0.05, 0.1) is 5.69 Å². The highest BCUT2D eigenvalue weighted by atomic mass is 32.1. The molecule has 1 aliphatic rings. The predicted molar refractivity (Wildman–Crippen MR) is 90.7 cm³/mol. The summed E-state index contributed by atoms with van der Waals surface area (Å²) < 4.78 is 5.70. The van der Waals surface area contributed by atoms with Crippen molar-refractivity contribution < 1.29 is 9.53 Å². The number of rotatable bonds is 3. The third-order valence-corrected chi connectivity index (χ3v) is 4.50. The van der Waals surface area contributed by atoms with Gasteiger partial charge in [-0.2, -0.15) is 0 Å². The SMILES string of the molecule is O=C(Nc1nc(-c2ccccc2)cs1)[C@H]1Cc2ccccc2O1. The van der Waals surface area contributed by atoms with Crippen LogP contribution in [-0.2, 0) is 11.2 Å². The Balaban J connectivity index is 1.45. The Morgan fingerprint density at radius 1 is 1.13 bits per heavy atom. The molecule has 0 unspecified atom stereocenters. The summed E-state index contributed by atoms with van der Waals surface area (Å²) in [4.78, 5) is 16.8. The highest BCUT2D eigenvalue weighted by molar-refractivity contribution is 7.14. The molecule has 4 nitrogen and oxygen atoms in total. The Hall–Kier alpha value is -2.66. The number of hydrogen-bond donors (Lipinski definition) is 1. The number of carbonyl (C=O) groups is 1. The number of benzene rings is 2. The first-order valence-electron chi connectivity index (χ1n) is 7.36. The second-order valence-electron chi connectivity index (χ2n) is 5.31. The highest BCUT2D eigenvalue weighted by Crippen LogP contribution is 2.29. The topological polar surface area (TPSA) is 51.2 Å². The molecule has 5 heteroatoms. The fourth-order valence-corrected chi connectivity index (χ4v) is 3.31. The van der Waals surface area contributed by atoms with Crippen LogP contribution < -0.4 is 10.1 Å². The van der Waals surface area contributed by atoms with Crippen LogP contribution in [0.5, 0.6) is 5.75 Å². The molecule has 0 spiro atoms. The smallest absolute Gasteiger partial charge is 0.267 e. The third kappa shape index (κ3) is 2.83. The number of anilines is 1. The number of para-hydroxylation sites is 1. The molecular formula is C18H14N2O2S. The minimum atomic E-state index is -0.489. The van der Waals surface area contributed by atoms with E-state index in [1.807, 2.05) is 60.0 Å². The Kier molecular flexibility index (Phi) is 3.55. The van der Waals surface area contributed by atoms with Gasteiger partial charge in [0, 0.05) is 17.4 Å². The first-order chi connectivity index (χ1) is 11.3. The van der Waals surface area contributed by atoms with Crippen molar-refractivity contribution in [1.29, 1.82) is 0 Å². The molecule has 0 aliphatic carbocycles. The van der Waals surface area contributed by atoms with Crippen LogP contribution in [0.25, 0.3) is 11.3 Å². The Morgan fingerprint density at radius 2 is 1.91 bits per heavy atom. The van der Waals surface area contributed by atoms with Crippen LogP contribution in [0.4, 0.5) is 5.13 Å². The molecule has 0 fully saturated rings. The van der Waals surface area contributed by atoms with E-state index in [2.05, 4.69) is 10.3 Å². The zero-order chi connectivity index (χ0) is 15.6. The zero-order valence-corrected chi connectivity index (χ0v) is 13.0. The lowest BCUT2D eigenvalue weighted by atomic mass is 10.1. The van der Waals surface area contributed by atoms with Crippen LogP contribution >= 0.6 is 11.3 Å². The van der Waals surface area contributed by atoms with Crippen molar-refractivity contribution in [2.24, 2.45) is 0 Å². The summed E-state index contributed by atoms with van der Waals surface area (Å²) in [7, 11) is 0. The number of hydrogen-bond acceptors (Lipinski definition) is 4. The van der Waals surface area contributed by atoms with Gasteiger partial charge in [0.1, 0.15) is 5.75 Å². The monoisotopic (exact) mass is 322 g/mol. The lowest BCUT2D eigenvalue weighted by Crippen LogP contribution is -2.31. The summed E-state index contributed by atoms with van der Waals surface area (Å²) in [5.41, 5.74) is 2.96. The maximum absolute atomic E-state index is 12.4. The van der Waals surface area contributed by atoms with Crippen LogP contribution in [0.15, 0.2) is 60.0 Å². The molecular weight excluding hydrogens is 308 g/mol. The molecule has 0 bridgehead atoms. The van der Waals surface area contributed by atoms with Crippen LogP contribution in [0.3, 0.4) is 0 Å². The molecule has 1 N–H and O–H groups in total. The summed E-state index contributed by atoms with van der Waals surface area (Å²) in [6.07, 6.45) is 0.107. The second-order valence-corrected chi connectivity index (χ2v) is 6.17. The van der Waals surface area contributed by atoms with Crippen LogP contribution in [-0.4, -0.2) is 17.0 Å². The molecule has 2 aromatic carbocycles. The van der Waals surface area contributed by atoms with Gasteiger partial charge in [0.2, 0.25) is 0 Å². The van der Waals surface area contributed by atoms with Crippen molar-refractivity contribution in [2.45, 2.75) is 12.5 Å². The van der Waals surface area contributed by atoms with Crippen molar-refractivity contribution in [2.75, 3.05) is 5.32 Å². The molecule has 1 amide bonds. The first kappa shape index (κ1) is 14.0. The number of aromatic nitrogens is 1. The molecule has 114 valence electrons. The summed E-state index contributed by atoms with van der Waals surface area (Å²) in [5, 5.41) is 5.38. The van der Waals surface area contributed by atoms with Crippen molar-refractivity contribution in [1.82, 2.24) is 4.98 Å². The van der Waals surface area contributed by atoms with Crippen LogP contribution in [0.1, 0.15) is 5.56 Å². The number of thiazole rings is 1. The Morgan fingerprint density at radius 3 is 2.74 bits per heavy atom. The molecule has 0 saturated heterocycles. The van der Waals surface area contributed by atoms with Crippen molar-refractivity contribution in [3.63, 3.8) is 0 Å². The highest BCUT2D eigenvalue weighted by Gasteiger charge is 2.29. The molecule has 4 rings (SSSR count). The van der Waals surface area contributed by atoms with Crippen molar-refractivity contribution in [3.8, 4) is 17.0 Å². The molecule has 1 atom stereocenters. The van der Waals surface area contributed by atoms with E-state index in [1.54, 1.807) is 0 Å². The summed E-state index contributed by atoms with van der Waals surface area (Å²) in [6.45, 7) is 0. The Labute approximate surface area is 137 Å². The van der Waals surface area contributed by atoms with E-state index in [1.165, 1.54) is 11.3 Å². The number of fused-ring (bicyclic) bond motifs is 1. The molecule has 0 radical (unpaired) electrons. The van der Waals surface area contributed by atoms with Crippen molar-refractivity contribution in [3.05, 3.63) is 65.5 Å². The minimum Gasteiger partial charge on any atom is -0.480 e. The standard InChI is InChI=1S/C18H14N2O2S/c21-17(16-10-13-8-4-5-9-15(13)22-16)20-18-19-14(11-23-18)12-6-2-1-3-7-12/h1-9,11,16H,10H2,(H,19,20,21)/t16-/m1/s1. The molecule has 23 heavy (non-hydrogen) atoms. The number of nitrogens with one attached hydrogen (secondary N) is 1. The summed E-state index contributed by atoms with van der Waals surface area (Å²) >= 11 is 1.42. The van der Waals surface area contributed by atoms with Gasteiger partial charge < -0.3 is 4.74 Å². The van der Waals surface area contributed by atoms with Gasteiger partial charge in [-0.15, -0.1) is 11.3 Å². The summed E-state index contributed by atoms with van der Waals surface area (Å²) in [5.74, 6) is 0.631. The minimum absolute atomic E-state index is 0.157. The quantitative estimate of drug-likeness (QED) is 0.799. The molecule has 2 heterocycles. The van der Waals surface area contributed by atoms with Crippen molar-refractivity contribution >= 4 is 22.4 Å². The average molecular weight is 322 g/mol. The fourth-order valence-electron chi connectivity index (χ4n) is 2.59. The lowest BCUT2D eigenvalue weighted by molar-refractivity contribution is -0.122. The number of amides is 1. The van der Waals surface area contributed by atoms with Crippen LogP contribution in [0, 0.1) is 0 Å². The van der Waals surface area contributed by atoms with Gasteiger partial charge >= 0.3 is 0 Å². The largest absolute Gasteiger partial charge is 0.480 e. The van der Waals surface area contributed by atoms with Gasteiger partial charge in [-0.25, -0.2) is 4.98 Å². The normalized spacial score (nSPS) is 15.7. The van der Waals surface area contributed by atoms with Gasteiger partial charge in [-0.05, 0) is 11.6 Å². The third-order valence-electron chi connectivity index (χ3n) is 3.74. The molecule has 3 aromatic rings. The van der Waals surface area contributed by atoms with E-state index < -0.39 is 6.10 Å². The van der Waals surface area contributed by atoms with E-state index in [4.69, 9.17) is 4.74 Å². The van der Waals surface area contributed by atoms with Gasteiger partial charge in [0.25, 0.3) is 5.91 Å². The maximum atomic E-state index is 12.4. The number of ether oxygens (including phenoxy) is 1. The van der Waals surface area contributed by atoms with E-state index in [0.29, 0.717) is 11.6 Å². The maximum Gasteiger partial charge on any atom is 0.267 e. The van der Waals surface area contributed by atoms with E-state index in [0.717, 1.165) is 22.6 Å². The molecule has 1 aromatic heterocycles. The first-order valence-corrected chi connectivity index (χ1v) is 8.24. The van der Waals surface area contributed by atoms with Gasteiger partial charge in [0.15, 0.2) is 11.2 Å². The van der Waals surface area contributed by atoms with Gasteiger partial charge in [-0.3, -0.25) is 10.1 Å². The van der Waals surface area contributed by atoms with E-state index >= 15 is 0 Å². The second kappa shape index (κ2) is 5.85. The number of nitrogens with zero attached hydrogens (tertiary/aromatic N) is 1. The van der Waals surface area contributed by atoms with Crippen LogP contribution in [0.2, 0.25) is 0 Å². The molecule has 1 aliphatic heterocycles. The lowest BCUT2D eigenvalue weighted by Gasteiger charge is -2.09. The number of carbonyl (C=O) groups excluding carboxylic acids is 1. The van der Waals surface area contributed by atoms with E-state index in [-0.39, 0.29) is 5.91 Å². The van der Waals surface area contributed by atoms with Gasteiger partial charge in [-0.1, -0.05) is 48.5 Å². The predicted octanol–water partition coefficient (Wildman–Crippen LogP) is 3.75. The Bertz CT molecular complexity index is 820. The summed E-state index contributed by atoms with van der Waals surface area (Å²) in [6, 6.07) is 17.6.